The molecule has 0 aliphatic carbocycles. The molecule has 1 aliphatic rings. The molecule has 1 aromatic carbocycles. The number of aryl methyl sites for hydroxylation is 2. The minimum absolute atomic E-state index is 0.118. The van der Waals surface area contributed by atoms with E-state index in [9.17, 15) is 4.79 Å². The first-order valence-electron chi connectivity index (χ1n) is 9.31. The summed E-state index contributed by atoms with van der Waals surface area (Å²) in [5, 5.41) is 3.13. The van der Waals surface area contributed by atoms with E-state index >= 15 is 0 Å². The van der Waals surface area contributed by atoms with Gasteiger partial charge in [-0.3, -0.25) is 4.79 Å². The van der Waals surface area contributed by atoms with Gasteiger partial charge in [0.1, 0.15) is 17.3 Å². The van der Waals surface area contributed by atoms with Crippen LogP contribution in [-0.4, -0.2) is 32.3 Å². The zero-order valence-corrected chi connectivity index (χ0v) is 17.6. The van der Waals surface area contributed by atoms with E-state index < -0.39 is 0 Å². The van der Waals surface area contributed by atoms with Crippen LogP contribution in [0.5, 0.6) is 5.75 Å². The zero-order valence-electron chi connectivity index (χ0n) is 16.1. The van der Waals surface area contributed by atoms with Crippen LogP contribution in [0.15, 0.2) is 33.2 Å². The van der Waals surface area contributed by atoms with Gasteiger partial charge in [-0.25, -0.2) is 0 Å². The molecule has 1 amide bonds. The molecular weight excluding hydrogens is 410 g/mol. The van der Waals surface area contributed by atoms with E-state index in [1.807, 2.05) is 32.9 Å². The van der Waals surface area contributed by atoms with E-state index in [0.717, 1.165) is 23.1 Å². The molecule has 0 unspecified atom stereocenters. The van der Waals surface area contributed by atoms with E-state index in [2.05, 4.69) is 33.4 Å². The first-order chi connectivity index (χ1) is 13.0. The van der Waals surface area contributed by atoms with Crippen molar-refractivity contribution in [2.75, 3.05) is 26.4 Å². The van der Waals surface area contributed by atoms with Crippen molar-refractivity contribution in [3.05, 3.63) is 51.4 Å². The Labute approximate surface area is 168 Å². The van der Waals surface area contributed by atoms with Gasteiger partial charge in [-0.15, -0.1) is 0 Å². The largest absolute Gasteiger partial charge is 0.494 e. The second kappa shape index (κ2) is 8.48. The summed E-state index contributed by atoms with van der Waals surface area (Å²) in [6.07, 6.45) is 1.73. The average molecular weight is 436 g/mol. The quantitative estimate of drug-likeness (QED) is 0.723. The highest BCUT2D eigenvalue weighted by molar-refractivity contribution is 9.10. The molecule has 0 bridgehead atoms. The number of benzene rings is 1. The normalized spacial score (nSPS) is 16.1. The Bertz CT molecular complexity index is 791. The molecule has 2 heterocycles. The van der Waals surface area contributed by atoms with E-state index in [1.165, 1.54) is 5.56 Å². The summed E-state index contributed by atoms with van der Waals surface area (Å²) in [5.41, 5.74) is 1.63. The topological polar surface area (TPSA) is 60.7 Å². The molecule has 2 aromatic rings. The molecule has 0 spiro atoms. The number of halogens is 1. The molecule has 1 saturated heterocycles. The van der Waals surface area contributed by atoms with Crippen molar-refractivity contribution < 1.29 is 18.7 Å². The highest BCUT2D eigenvalue weighted by atomic mass is 79.9. The summed E-state index contributed by atoms with van der Waals surface area (Å²) in [6, 6.07) is 8.20. The summed E-state index contributed by atoms with van der Waals surface area (Å²) in [4.78, 5) is 12.8. The fourth-order valence-electron chi connectivity index (χ4n) is 3.65. The third kappa shape index (κ3) is 4.22. The predicted octanol–water partition coefficient (Wildman–Crippen LogP) is 4.54. The number of furan rings is 1. The maximum atomic E-state index is 12.8. The molecule has 1 aromatic heterocycles. The number of carbonyl (C=O) groups excluding carboxylic acids is 1. The maximum absolute atomic E-state index is 12.8. The third-order valence-corrected chi connectivity index (χ3v) is 6.18. The molecule has 1 aliphatic heterocycles. The van der Waals surface area contributed by atoms with E-state index in [-0.39, 0.29) is 11.3 Å². The maximum Gasteiger partial charge on any atom is 0.256 e. The Morgan fingerprint density at radius 1 is 1.19 bits per heavy atom. The highest BCUT2D eigenvalue weighted by Gasteiger charge is 2.35. The van der Waals surface area contributed by atoms with Gasteiger partial charge in [0.15, 0.2) is 0 Å². The lowest BCUT2D eigenvalue weighted by atomic mass is 9.74. The van der Waals surface area contributed by atoms with Gasteiger partial charge in [0, 0.05) is 25.2 Å². The Balaban J connectivity index is 1.79. The first-order valence-corrected chi connectivity index (χ1v) is 10.1. The molecule has 146 valence electrons. The molecule has 0 atom stereocenters. The van der Waals surface area contributed by atoms with Crippen molar-refractivity contribution in [1.82, 2.24) is 5.32 Å². The van der Waals surface area contributed by atoms with Crippen molar-refractivity contribution in [3.8, 4) is 5.75 Å². The van der Waals surface area contributed by atoms with Gasteiger partial charge in [-0.1, -0.05) is 12.1 Å². The number of nitrogens with one attached hydrogen (secondary N) is 1. The van der Waals surface area contributed by atoms with Crippen LogP contribution in [0.3, 0.4) is 0 Å². The van der Waals surface area contributed by atoms with Crippen LogP contribution in [0.1, 0.15) is 47.2 Å². The van der Waals surface area contributed by atoms with Crippen LogP contribution in [0.2, 0.25) is 0 Å². The molecule has 1 N–H and O–H groups in total. The van der Waals surface area contributed by atoms with Gasteiger partial charge < -0.3 is 19.2 Å². The fourth-order valence-corrected chi connectivity index (χ4v) is 4.19. The second-order valence-corrected chi connectivity index (χ2v) is 7.73. The third-order valence-electron chi connectivity index (χ3n) is 5.23. The Kier molecular flexibility index (Phi) is 6.27. The first kappa shape index (κ1) is 20.0. The van der Waals surface area contributed by atoms with Crippen LogP contribution in [0.25, 0.3) is 0 Å². The monoisotopic (exact) mass is 435 g/mol. The van der Waals surface area contributed by atoms with E-state index in [0.29, 0.717) is 43.4 Å². The van der Waals surface area contributed by atoms with Crippen molar-refractivity contribution >= 4 is 21.8 Å². The van der Waals surface area contributed by atoms with Crippen molar-refractivity contribution in [1.29, 1.82) is 0 Å². The van der Waals surface area contributed by atoms with Crippen LogP contribution in [0.4, 0.5) is 0 Å². The van der Waals surface area contributed by atoms with Gasteiger partial charge in [0.2, 0.25) is 0 Å². The van der Waals surface area contributed by atoms with Gasteiger partial charge in [-0.05, 0) is 67.2 Å². The molecule has 5 nitrogen and oxygen atoms in total. The molecule has 0 saturated carbocycles. The van der Waals surface area contributed by atoms with Crippen LogP contribution >= 0.6 is 15.9 Å². The average Bonchev–Trinajstić information content (AvgIpc) is 2.93. The van der Waals surface area contributed by atoms with Crippen molar-refractivity contribution in [3.63, 3.8) is 0 Å². The summed E-state index contributed by atoms with van der Waals surface area (Å²) in [6.45, 7) is 8.21. The standard InChI is InChI=1S/C21H26BrNO4/c1-4-26-17-7-5-16(6-8-17)21(9-11-25-12-10-21)13-23-20(24)18-14(2)27-15(3)19(18)22/h5-8H,4,9-13H2,1-3H3,(H,23,24). The molecule has 6 heteroatoms. The minimum atomic E-state index is -0.141. The van der Waals surface area contributed by atoms with Crippen LogP contribution in [0, 0.1) is 13.8 Å². The Morgan fingerprint density at radius 3 is 2.41 bits per heavy atom. The zero-order chi connectivity index (χ0) is 19.4. The predicted molar refractivity (Wildman–Crippen MR) is 108 cm³/mol. The number of carbonyl (C=O) groups is 1. The SMILES string of the molecule is CCOc1ccc(C2(CNC(=O)c3c(C)oc(C)c3Br)CCOCC2)cc1. The van der Waals surface area contributed by atoms with Gasteiger partial charge >= 0.3 is 0 Å². The lowest BCUT2D eigenvalue weighted by molar-refractivity contribution is 0.0487. The molecule has 1 fully saturated rings. The van der Waals surface area contributed by atoms with Crippen LogP contribution < -0.4 is 10.1 Å². The summed E-state index contributed by atoms with van der Waals surface area (Å²) in [5.74, 6) is 2.08. The Hall–Kier alpha value is -1.79. The summed E-state index contributed by atoms with van der Waals surface area (Å²) < 4.78 is 17.4. The number of hydrogen-bond acceptors (Lipinski definition) is 4. The minimum Gasteiger partial charge on any atom is -0.494 e. The van der Waals surface area contributed by atoms with Crippen molar-refractivity contribution in [2.45, 2.75) is 39.0 Å². The smallest absolute Gasteiger partial charge is 0.256 e. The number of amides is 1. The lowest BCUT2D eigenvalue weighted by Gasteiger charge is -2.38. The number of rotatable bonds is 6. The summed E-state index contributed by atoms with van der Waals surface area (Å²) >= 11 is 3.46. The van der Waals surface area contributed by atoms with Gasteiger partial charge in [-0.2, -0.15) is 0 Å². The van der Waals surface area contributed by atoms with E-state index in [4.69, 9.17) is 13.9 Å². The number of hydrogen-bond donors (Lipinski definition) is 1. The molecule has 3 rings (SSSR count). The van der Waals surface area contributed by atoms with Gasteiger partial charge in [0.25, 0.3) is 5.91 Å². The molecular formula is C21H26BrNO4. The highest BCUT2D eigenvalue weighted by Crippen LogP contribution is 2.35. The second-order valence-electron chi connectivity index (χ2n) is 6.94. The summed E-state index contributed by atoms with van der Waals surface area (Å²) in [7, 11) is 0. The number of ether oxygens (including phenoxy) is 2. The van der Waals surface area contributed by atoms with Gasteiger partial charge in [0.05, 0.1) is 16.6 Å². The Morgan fingerprint density at radius 2 is 1.85 bits per heavy atom. The molecule has 0 radical (unpaired) electrons. The fraction of sp³-hybridized carbons (Fsp3) is 0.476. The lowest BCUT2D eigenvalue weighted by Crippen LogP contribution is -2.44. The molecule has 27 heavy (non-hydrogen) atoms. The van der Waals surface area contributed by atoms with Crippen molar-refractivity contribution in [2.24, 2.45) is 0 Å². The van der Waals surface area contributed by atoms with Crippen LogP contribution in [-0.2, 0) is 10.2 Å². The van der Waals surface area contributed by atoms with E-state index in [1.54, 1.807) is 0 Å².